The Morgan fingerprint density at radius 2 is 1.92 bits per heavy atom. The van der Waals surface area contributed by atoms with Crippen LogP contribution in [0, 0.1) is 5.92 Å². The van der Waals surface area contributed by atoms with Crippen molar-refractivity contribution in [1.29, 1.82) is 0 Å². The first kappa shape index (κ1) is 16.1. The summed E-state index contributed by atoms with van der Waals surface area (Å²) < 4.78 is 0. The predicted octanol–water partition coefficient (Wildman–Crippen LogP) is 6.69. The molecule has 1 aromatic carbocycles. The van der Waals surface area contributed by atoms with Crippen LogP contribution >= 0.6 is 11.6 Å². The lowest BCUT2D eigenvalue weighted by molar-refractivity contribution is 0.292. The minimum atomic E-state index is 0.396. The van der Waals surface area contributed by atoms with Gasteiger partial charge in [0.2, 0.25) is 0 Å². The van der Waals surface area contributed by atoms with Crippen molar-refractivity contribution in [2.24, 2.45) is 5.92 Å². The van der Waals surface area contributed by atoms with Crippen molar-refractivity contribution in [3.63, 3.8) is 0 Å². The molecule has 0 amide bonds. The average molecular weight is 363 g/mol. The highest BCUT2D eigenvalue weighted by atomic mass is 35.5. The summed E-state index contributed by atoms with van der Waals surface area (Å²) in [6, 6.07) is 11.0. The third kappa shape index (κ3) is 2.59. The molecular formula is C23H23ClN2. The number of allylic oxidation sites excluding steroid dienone is 1. The number of fused-ring (bicyclic) bond motifs is 2. The minimum absolute atomic E-state index is 0.396. The number of H-pyrrole nitrogens is 1. The first-order valence-electron chi connectivity index (χ1n) is 9.71. The van der Waals surface area contributed by atoms with Gasteiger partial charge in [-0.2, -0.15) is 0 Å². The van der Waals surface area contributed by atoms with Crippen molar-refractivity contribution < 1.29 is 0 Å². The van der Waals surface area contributed by atoms with Gasteiger partial charge in [-0.05, 0) is 47.4 Å². The van der Waals surface area contributed by atoms with Crippen molar-refractivity contribution in [3.05, 3.63) is 70.5 Å². The van der Waals surface area contributed by atoms with Crippen LogP contribution in [-0.4, -0.2) is 9.97 Å². The topological polar surface area (TPSA) is 28.7 Å². The van der Waals surface area contributed by atoms with E-state index in [4.69, 9.17) is 11.6 Å². The molecule has 0 spiro atoms. The second-order valence-corrected chi connectivity index (χ2v) is 8.10. The van der Waals surface area contributed by atoms with Gasteiger partial charge in [-0.25, -0.2) is 4.98 Å². The van der Waals surface area contributed by atoms with Gasteiger partial charge in [-0.1, -0.05) is 67.3 Å². The lowest BCUT2D eigenvalue weighted by Gasteiger charge is -2.35. The molecule has 2 aliphatic rings. The van der Waals surface area contributed by atoms with Gasteiger partial charge in [-0.3, -0.25) is 0 Å². The standard InChI is InChI=1S/C23H23ClN2/c24-20-14-26-23-19(12-13-25-23)22(20)21(16-7-2-1-3-8-16)18-11-10-15-6-4-5-9-17(15)18/h4-6,9-14,16,18,21H,1-3,7-8H2,(H,25,26). The maximum absolute atomic E-state index is 6.78. The maximum Gasteiger partial charge on any atom is 0.137 e. The van der Waals surface area contributed by atoms with Crippen LogP contribution in [0.5, 0.6) is 0 Å². The summed E-state index contributed by atoms with van der Waals surface area (Å²) in [5.41, 5.74) is 5.03. The highest BCUT2D eigenvalue weighted by Gasteiger charge is 2.36. The molecule has 2 heterocycles. The molecule has 2 unspecified atom stereocenters. The molecule has 0 radical (unpaired) electrons. The maximum atomic E-state index is 6.78. The molecule has 3 heteroatoms. The molecule has 26 heavy (non-hydrogen) atoms. The van der Waals surface area contributed by atoms with E-state index in [2.05, 4.69) is 52.5 Å². The van der Waals surface area contributed by atoms with E-state index in [1.807, 2.05) is 12.4 Å². The Bertz CT molecular complexity index is 965. The van der Waals surface area contributed by atoms with Crippen LogP contribution in [0.1, 0.15) is 60.6 Å². The zero-order valence-electron chi connectivity index (χ0n) is 14.8. The van der Waals surface area contributed by atoms with Gasteiger partial charge in [-0.15, -0.1) is 0 Å². The number of pyridine rings is 1. The predicted molar refractivity (Wildman–Crippen MR) is 109 cm³/mol. The van der Waals surface area contributed by atoms with Gasteiger partial charge in [0.05, 0.1) is 5.02 Å². The van der Waals surface area contributed by atoms with E-state index in [1.54, 1.807) is 0 Å². The molecule has 2 atom stereocenters. The quantitative estimate of drug-likeness (QED) is 0.552. The average Bonchev–Trinajstić information content (AvgIpc) is 3.32. The van der Waals surface area contributed by atoms with E-state index in [9.17, 15) is 0 Å². The highest BCUT2D eigenvalue weighted by Crippen LogP contribution is 2.51. The summed E-state index contributed by atoms with van der Waals surface area (Å²) in [4.78, 5) is 7.76. The van der Waals surface area contributed by atoms with Gasteiger partial charge in [0.15, 0.2) is 0 Å². The summed E-state index contributed by atoms with van der Waals surface area (Å²) in [6.45, 7) is 0. The molecule has 2 nitrogen and oxygen atoms in total. The normalized spacial score (nSPS) is 21.2. The van der Waals surface area contributed by atoms with E-state index in [0.29, 0.717) is 17.8 Å². The number of aromatic amines is 1. The van der Waals surface area contributed by atoms with Crippen LogP contribution < -0.4 is 0 Å². The SMILES string of the molecule is Clc1cnc2[nH]ccc2c1C(C1CCCCC1)C1C=Cc2ccccc21. The van der Waals surface area contributed by atoms with E-state index < -0.39 is 0 Å². The van der Waals surface area contributed by atoms with Gasteiger partial charge >= 0.3 is 0 Å². The van der Waals surface area contributed by atoms with Crippen molar-refractivity contribution in [2.45, 2.75) is 43.9 Å². The number of hydrogen-bond donors (Lipinski definition) is 1. The molecule has 0 aliphatic heterocycles. The number of nitrogens with zero attached hydrogens (tertiary/aromatic N) is 1. The van der Waals surface area contributed by atoms with Crippen LogP contribution in [0.15, 0.2) is 48.8 Å². The minimum Gasteiger partial charge on any atom is -0.346 e. The van der Waals surface area contributed by atoms with E-state index >= 15 is 0 Å². The first-order valence-corrected chi connectivity index (χ1v) is 10.1. The van der Waals surface area contributed by atoms with Crippen LogP contribution in [0.4, 0.5) is 0 Å². The number of nitrogens with one attached hydrogen (secondary N) is 1. The first-order chi connectivity index (χ1) is 12.8. The number of benzene rings is 1. The smallest absolute Gasteiger partial charge is 0.137 e. The molecule has 5 rings (SSSR count). The van der Waals surface area contributed by atoms with Gasteiger partial charge < -0.3 is 4.98 Å². The molecule has 2 aromatic heterocycles. The van der Waals surface area contributed by atoms with Crippen LogP contribution in [0.25, 0.3) is 17.1 Å². The Morgan fingerprint density at radius 3 is 2.81 bits per heavy atom. The number of hydrogen-bond acceptors (Lipinski definition) is 1. The molecular weight excluding hydrogens is 340 g/mol. The lowest BCUT2D eigenvalue weighted by atomic mass is 9.69. The monoisotopic (exact) mass is 362 g/mol. The van der Waals surface area contributed by atoms with Crippen LogP contribution in [0.2, 0.25) is 5.02 Å². The fourth-order valence-electron chi connectivity index (χ4n) is 5.14. The van der Waals surface area contributed by atoms with Crippen LogP contribution in [0.3, 0.4) is 0 Å². The number of aromatic nitrogens is 2. The fraction of sp³-hybridized carbons (Fsp3) is 0.348. The zero-order chi connectivity index (χ0) is 17.5. The van der Waals surface area contributed by atoms with Crippen molar-refractivity contribution >= 4 is 28.7 Å². The lowest BCUT2D eigenvalue weighted by Crippen LogP contribution is -2.22. The number of rotatable bonds is 3. The van der Waals surface area contributed by atoms with Gasteiger partial charge in [0.1, 0.15) is 5.65 Å². The van der Waals surface area contributed by atoms with Crippen molar-refractivity contribution in [2.75, 3.05) is 0 Å². The molecule has 3 aromatic rings. The third-order valence-electron chi connectivity index (χ3n) is 6.30. The second kappa shape index (κ2) is 6.59. The van der Waals surface area contributed by atoms with Crippen molar-refractivity contribution in [1.82, 2.24) is 9.97 Å². The highest BCUT2D eigenvalue weighted by molar-refractivity contribution is 6.32. The Kier molecular flexibility index (Phi) is 4.09. The number of halogens is 1. The van der Waals surface area contributed by atoms with E-state index in [1.165, 1.54) is 54.2 Å². The summed E-state index contributed by atoms with van der Waals surface area (Å²) in [7, 11) is 0. The zero-order valence-corrected chi connectivity index (χ0v) is 15.5. The van der Waals surface area contributed by atoms with Gasteiger partial charge in [0, 0.05) is 23.7 Å². The third-order valence-corrected chi connectivity index (χ3v) is 6.60. The summed E-state index contributed by atoms with van der Waals surface area (Å²) in [5, 5.41) is 2.00. The second-order valence-electron chi connectivity index (χ2n) is 7.70. The Labute approximate surface area is 159 Å². The Morgan fingerprint density at radius 1 is 1.08 bits per heavy atom. The summed E-state index contributed by atoms with van der Waals surface area (Å²) in [5.74, 6) is 1.47. The molecule has 1 fully saturated rings. The Balaban J connectivity index is 1.69. The summed E-state index contributed by atoms with van der Waals surface area (Å²) >= 11 is 6.78. The molecule has 1 saturated carbocycles. The van der Waals surface area contributed by atoms with Gasteiger partial charge in [0.25, 0.3) is 0 Å². The van der Waals surface area contributed by atoms with Crippen molar-refractivity contribution in [3.8, 4) is 0 Å². The molecule has 1 N–H and O–H groups in total. The Hall–Kier alpha value is -2.06. The molecule has 0 bridgehead atoms. The largest absolute Gasteiger partial charge is 0.346 e. The fourth-order valence-corrected chi connectivity index (χ4v) is 5.41. The summed E-state index contributed by atoms with van der Waals surface area (Å²) in [6.07, 6.45) is 15.1. The molecule has 2 aliphatic carbocycles. The molecule has 0 saturated heterocycles. The van der Waals surface area contributed by atoms with Crippen LogP contribution in [-0.2, 0) is 0 Å². The van der Waals surface area contributed by atoms with E-state index in [-0.39, 0.29) is 0 Å². The van der Waals surface area contributed by atoms with E-state index in [0.717, 1.165) is 10.7 Å². The molecule has 132 valence electrons.